The van der Waals surface area contributed by atoms with Gasteiger partial charge in [0, 0.05) is 37.0 Å². The summed E-state index contributed by atoms with van der Waals surface area (Å²) in [7, 11) is 0. The van der Waals surface area contributed by atoms with E-state index in [2.05, 4.69) is 0 Å². The predicted molar refractivity (Wildman–Crippen MR) is 67.0 cm³/mol. The first kappa shape index (κ1) is 11.3. The Morgan fingerprint density at radius 2 is 1.94 bits per heavy atom. The molecule has 1 saturated heterocycles. The van der Waals surface area contributed by atoms with Crippen molar-refractivity contribution in [3.63, 3.8) is 0 Å². The Kier molecular flexibility index (Phi) is 2.43. The second kappa shape index (κ2) is 3.86. The maximum atomic E-state index is 13.2. The highest BCUT2D eigenvalue weighted by molar-refractivity contribution is 5.92. The van der Waals surface area contributed by atoms with Crippen LogP contribution in [0.5, 0.6) is 0 Å². The van der Waals surface area contributed by atoms with Crippen LogP contribution in [0.3, 0.4) is 0 Å². The van der Waals surface area contributed by atoms with Crippen LogP contribution in [0.2, 0.25) is 0 Å². The molecule has 1 aromatic carbocycles. The van der Waals surface area contributed by atoms with Crippen LogP contribution in [0, 0.1) is 0 Å². The zero-order valence-corrected chi connectivity index (χ0v) is 9.83. The highest BCUT2D eigenvalue weighted by Crippen LogP contribution is 2.35. The van der Waals surface area contributed by atoms with Crippen molar-refractivity contribution in [1.29, 1.82) is 0 Å². The Morgan fingerprint density at radius 3 is 2.67 bits per heavy atom. The van der Waals surface area contributed by atoms with Crippen molar-refractivity contribution in [3.05, 3.63) is 24.5 Å². The van der Waals surface area contributed by atoms with Crippen LogP contribution in [-0.2, 0) is 0 Å². The summed E-state index contributed by atoms with van der Waals surface area (Å²) >= 11 is 0. The molecule has 0 atom stereocenters. The summed E-state index contributed by atoms with van der Waals surface area (Å²) < 4.78 is 31.7. The van der Waals surface area contributed by atoms with E-state index in [0.29, 0.717) is 18.8 Å². The molecule has 0 amide bonds. The van der Waals surface area contributed by atoms with E-state index >= 15 is 0 Å². The number of nitrogens with two attached hydrogens (primary N) is 1. The van der Waals surface area contributed by atoms with Gasteiger partial charge in [-0.3, -0.25) is 0 Å². The van der Waals surface area contributed by atoms with Gasteiger partial charge in [0.25, 0.3) is 5.92 Å². The minimum atomic E-state index is -2.54. The molecule has 3 rings (SSSR count). The molecule has 0 bridgehead atoms. The SMILES string of the molecule is Nc1cc(N2CCC(F)(F)CC2)c2occc2c1. The van der Waals surface area contributed by atoms with E-state index < -0.39 is 5.92 Å². The second-order valence-electron chi connectivity index (χ2n) is 4.72. The normalized spacial score (nSPS) is 19.3. The summed E-state index contributed by atoms with van der Waals surface area (Å²) in [6, 6.07) is 5.43. The molecule has 1 aliphatic heterocycles. The van der Waals surface area contributed by atoms with Crippen molar-refractivity contribution >= 4 is 22.3 Å². The van der Waals surface area contributed by atoms with E-state index in [1.807, 2.05) is 17.0 Å². The Hall–Kier alpha value is -1.78. The van der Waals surface area contributed by atoms with Crippen LogP contribution in [-0.4, -0.2) is 19.0 Å². The van der Waals surface area contributed by atoms with Crippen molar-refractivity contribution in [2.75, 3.05) is 23.7 Å². The number of halogens is 2. The fraction of sp³-hybridized carbons (Fsp3) is 0.385. The molecule has 1 fully saturated rings. The van der Waals surface area contributed by atoms with Gasteiger partial charge in [-0.25, -0.2) is 8.78 Å². The molecule has 5 heteroatoms. The van der Waals surface area contributed by atoms with E-state index in [0.717, 1.165) is 16.7 Å². The first-order chi connectivity index (χ1) is 8.55. The van der Waals surface area contributed by atoms with Gasteiger partial charge in [0.2, 0.25) is 0 Å². The largest absolute Gasteiger partial charge is 0.462 e. The van der Waals surface area contributed by atoms with Crippen LogP contribution >= 0.6 is 0 Å². The monoisotopic (exact) mass is 252 g/mol. The standard InChI is InChI=1S/C13H14F2N2O/c14-13(15)2-4-17(5-3-13)11-8-10(16)7-9-1-6-18-12(9)11/h1,6-8H,2-5,16H2. The summed E-state index contributed by atoms with van der Waals surface area (Å²) in [6.45, 7) is 0.651. The predicted octanol–water partition coefficient (Wildman–Crippen LogP) is 3.25. The summed E-state index contributed by atoms with van der Waals surface area (Å²) in [6.07, 6.45) is 1.35. The van der Waals surface area contributed by atoms with Gasteiger partial charge >= 0.3 is 0 Å². The van der Waals surface area contributed by atoms with Crippen LogP contribution in [0.15, 0.2) is 28.9 Å². The molecule has 2 N–H and O–H groups in total. The summed E-state index contributed by atoms with van der Waals surface area (Å²) in [5, 5.41) is 0.905. The van der Waals surface area contributed by atoms with Crippen LogP contribution in [0.25, 0.3) is 11.0 Å². The Labute approximate surface area is 103 Å². The number of rotatable bonds is 1. The van der Waals surface area contributed by atoms with Gasteiger partial charge < -0.3 is 15.1 Å². The first-order valence-corrected chi connectivity index (χ1v) is 5.95. The molecule has 0 aliphatic carbocycles. The quantitative estimate of drug-likeness (QED) is 0.792. The maximum absolute atomic E-state index is 13.2. The van der Waals surface area contributed by atoms with E-state index in [1.165, 1.54) is 0 Å². The molecule has 2 heterocycles. The minimum Gasteiger partial charge on any atom is -0.462 e. The number of nitrogen functional groups attached to an aromatic ring is 1. The van der Waals surface area contributed by atoms with Gasteiger partial charge in [-0.05, 0) is 18.2 Å². The summed E-state index contributed by atoms with van der Waals surface area (Å²) in [5.41, 5.74) is 7.98. The third kappa shape index (κ3) is 1.89. The number of furan rings is 1. The lowest BCUT2D eigenvalue weighted by molar-refractivity contribution is -0.0220. The molecular weight excluding hydrogens is 238 g/mol. The average molecular weight is 252 g/mol. The Bertz CT molecular complexity index is 569. The number of anilines is 2. The van der Waals surface area contributed by atoms with Gasteiger partial charge in [-0.15, -0.1) is 0 Å². The molecule has 3 nitrogen and oxygen atoms in total. The molecule has 96 valence electrons. The molecule has 0 radical (unpaired) electrons. The highest BCUT2D eigenvalue weighted by atomic mass is 19.3. The van der Waals surface area contributed by atoms with Crippen molar-refractivity contribution in [2.24, 2.45) is 0 Å². The number of nitrogens with zero attached hydrogens (tertiary/aromatic N) is 1. The zero-order chi connectivity index (χ0) is 12.8. The number of alkyl halides is 2. The summed E-state index contributed by atoms with van der Waals surface area (Å²) in [4.78, 5) is 1.92. The van der Waals surface area contributed by atoms with Crippen LogP contribution in [0.1, 0.15) is 12.8 Å². The van der Waals surface area contributed by atoms with Crippen molar-refractivity contribution in [3.8, 4) is 0 Å². The molecule has 1 aliphatic rings. The third-order valence-electron chi connectivity index (χ3n) is 3.39. The van der Waals surface area contributed by atoms with Crippen molar-refractivity contribution in [2.45, 2.75) is 18.8 Å². The lowest BCUT2D eigenvalue weighted by Gasteiger charge is -2.33. The van der Waals surface area contributed by atoms with Gasteiger partial charge in [-0.1, -0.05) is 0 Å². The van der Waals surface area contributed by atoms with E-state index in [1.54, 1.807) is 12.3 Å². The van der Waals surface area contributed by atoms with Gasteiger partial charge in [-0.2, -0.15) is 0 Å². The molecule has 2 aromatic rings. The lowest BCUT2D eigenvalue weighted by Crippen LogP contribution is -2.39. The smallest absolute Gasteiger partial charge is 0.251 e. The highest BCUT2D eigenvalue weighted by Gasteiger charge is 2.34. The molecular formula is C13H14F2N2O. The lowest BCUT2D eigenvalue weighted by atomic mass is 10.1. The molecule has 0 unspecified atom stereocenters. The molecule has 18 heavy (non-hydrogen) atoms. The summed E-state index contributed by atoms with van der Waals surface area (Å²) in [5.74, 6) is -2.54. The number of benzene rings is 1. The van der Waals surface area contributed by atoms with E-state index in [-0.39, 0.29) is 12.8 Å². The van der Waals surface area contributed by atoms with Gasteiger partial charge in [0.15, 0.2) is 5.58 Å². The average Bonchev–Trinajstić information content (AvgIpc) is 2.76. The Balaban J connectivity index is 1.97. The van der Waals surface area contributed by atoms with Gasteiger partial charge in [0.1, 0.15) is 0 Å². The maximum Gasteiger partial charge on any atom is 0.251 e. The molecule has 1 aromatic heterocycles. The van der Waals surface area contributed by atoms with E-state index in [9.17, 15) is 8.78 Å². The number of hydrogen-bond donors (Lipinski definition) is 1. The third-order valence-corrected chi connectivity index (χ3v) is 3.39. The number of fused-ring (bicyclic) bond motifs is 1. The van der Waals surface area contributed by atoms with Crippen molar-refractivity contribution in [1.82, 2.24) is 0 Å². The topological polar surface area (TPSA) is 42.4 Å². The second-order valence-corrected chi connectivity index (χ2v) is 4.72. The zero-order valence-electron chi connectivity index (χ0n) is 9.83. The van der Waals surface area contributed by atoms with Gasteiger partial charge in [0.05, 0.1) is 12.0 Å². The minimum absolute atomic E-state index is 0.121. The van der Waals surface area contributed by atoms with Crippen LogP contribution < -0.4 is 10.6 Å². The first-order valence-electron chi connectivity index (χ1n) is 5.95. The molecule has 0 saturated carbocycles. The number of piperidine rings is 1. The molecule has 0 spiro atoms. The Morgan fingerprint density at radius 1 is 1.22 bits per heavy atom. The van der Waals surface area contributed by atoms with Crippen molar-refractivity contribution < 1.29 is 13.2 Å². The van der Waals surface area contributed by atoms with E-state index in [4.69, 9.17) is 10.2 Å². The van der Waals surface area contributed by atoms with Crippen LogP contribution in [0.4, 0.5) is 20.2 Å². The number of hydrogen-bond acceptors (Lipinski definition) is 3. The fourth-order valence-corrected chi connectivity index (χ4v) is 2.40. The fourth-order valence-electron chi connectivity index (χ4n) is 2.40.